The molecule has 67 valence electrons. The summed E-state index contributed by atoms with van der Waals surface area (Å²) in [6.45, 7) is 11.1. The van der Waals surface area contributed by atoms with Crippen LogP contribution in [0.3, 0.4) is 0 Å². The minimum absolute atomic E-state index is 0.242. The van der Waals surface area contributed by atoms with Crippen LogP contribution in [0.2, 0.25) is 13.1 Å². The van der Waals surface area contributed by atoms with Gasteiger partial charge >= 0.3 is 35.6 Å². The van der Waals surface area contributed by atoms with Gasteiger partial charge in [-0.2, -0.15) is 0 Å². The zero-order valence-corrected chi connectivity index (χ0v) is 11.8. The van der Waals surface area contributed by atoms with E-state index in [0.29, 0.717) is 5.54 Å². The van der Waals surface area contributed by atoms with Crippen molar-refractivity contribution < 1.29 is 17.0 Å². The normalized spacial score (nSPS) is 10.5. The first-order valence-corrected chi connectivity index (χ1v) is 10.2. The number of hydrogen-bond acceptors (Lipinski definition) is 1. The Labute approximate surface area is 88.6 Å². The van der Waals surface area contributed by atoms with Gasteiger partial charge in [-0.15, -0.1) is 0 Å². The summed E-state index contributed by atoms with van der Waals surface area (Å²) in [4.78, 5) is 3.48. The van der Waals surface area contributed by atoms with Gasteiger partial charge in [0.1, 0.15) is 8.96 Å². The molecule has 0 aromatic rings. The fourth-order valence-electron chi connectivity index (χ4n) is 0.750. The molecule has 0 heterocycles. The van der Waals surface area contributed by atoms with Crippen molar-refractivity contribution in [2.45, 2.75) is 39.4 Å². The summed E-state index contributed by atoms with van der Waals surface area (Å²) in [6.07, 6.45) is 0. The predicted molar refractivity (Wildman–Crippen MR) is 52.1 cm³/mol. The summed E-state index contributed by atoms with van der Waals surface area (Å²) in [5.41, 5.74) is 0.317. The van der Waals surface area contributed by atoms with Gasteiger partial charge in [-0.05, 0) is 20.8 Å². The Kier molecular flexibility index (Phi) is 11.0. The molecule has 5 heteroatoms. The molecular formula is C6H16Cl2NSiTi. The Morgan fingerprint density at radius 3 is 1.45 bits per heavy atom. The third-order valence-electron chi connectivity index (χ3n) is 0.625. The Balaban J connectivity index is 0. The van der Waals surface area contributed by atoms with E-state index in [0.717, 1.165) is 0 Å². The third kappa shape index (κ3) is 24.6. The molecule has 0 spiro atoms. The van der Waals surface area contributed by atoms with Crippen LogP contribution in [0.25, 0.3) is 0 Å². The molecule has 0 unspecified atom stereocenters. The second-order valence-corrected chi connectivity index (χ2v) is 8.28. The van der Waals surface area contributed by atoms with Crippen LogP contribution < -0.4 is 4.98 Å². The quantitative estimate of drug-likeness (QED) is 0.704. The van der Waals surface area contributed by atoms with Crippen molar-refractivity contribution in [3.63, 3.8) is 0 Å². The first-order valence-electron chi connectivity index (χ1n) is 3.38. The van der Waals surface area contributed by atoms with E-state index in [1.807, 2.05) is 0 Å². The summed E-state index contributed by atoms with van der Waals surface area (Å²) in [7, 11) is 9.54. The maximum atomic E-state index is 4.89. The number of hydrogen-bond donors (Lipinski definition) is 1. The second-order valence-electron chi connectivity index (χ2n) is 3.45. The predicted octanol–water partition coefficient (Wildman–Crippen LogP) is 3.00. The fourth-order valence-corrected chi connectivity index (χ4v) is 2.25. The van der Waals surface area contributed by atoms with Gasteiger partial charge in [0.2, 0.25) is 0 Å². The van der Waals surface area contributed by atoms with Crippen LogP contribution in [-0.4, -0.2) is 14.5 Å². The summed E-state index contributed by atoms with van der Waals surface area (Å²) < 4.78 is 0. The first-order chi connectivity index (χ1) is 4.83. The molecule has 0 aromatic carbocycles. The number of halogens is 2. The summed E-state index contributed by atoms with van der Waals surface area (Å²) in [5.74, 6) is 0. The van der Waals surface area contributed by atoms with Gasteiger partial charge in [-0.3, -0.25) is 0 Å². The second kappa shape index (κ2) is 8.09. The number of rotatable bonds is 1. The van der Waals surface area contributed by atoms with Crippen LogP contribution in [0.4, 0.5) is 0 Å². The van der Waals surface area contributed by atoms with Crippen molar-refractivity contribution in [2.24, 2.45) is 0 Å². The zero-order valence-electron chi connectivity index (χ0n) is 7.76. The van der Waals surface area contributed by atoms with Crippen molar-refractivity contribution in [1.82, 2.24) is 4.98 Å². The van der Waals surface area contributed by atoms with E-state index >= 15 is 0 Å². The van der Waals surface area contributed by atoms with E-state index < -0.39 is 17.0 Å². The van der Waals surface area contributed by atoms with Crippen LogP contribution >= 0.6 is 18.6 Å². The van der Waals surface area contributed by atoms with Crippen LogP contribution in [-0.2, 0) is 17.0 Å². The van der Waals surface area contributed by atoms with Crippen molar-refractivity contribution in [2.75, 3.05) is 0 Å². The topological polar surface area (TPSA) is 12.0 Å². The van der Waals surface area contributed by atoms with Gasteiger partial charge in [0.05, 0.1) is 0 Å². The Morgan fingerprint density at radius 2 is 1.45 bits per heavy atom. The molecule has 0 atom stereocenters. The Bertz CT molecular complexity index is 85.1. The maximum absolute atomic E-state index is 4.89. The van der Waals surface area contributed by atoms with E-state index in [1.54, 1.807) is 0 Å². The molecule has 0 aliphatic carbocycles. The van der Waals surface area contributed by atoms with E-state index in [4.69, 9.17) is 18.6 Å². The molecule has 0 amide bonds. The molecule has 0 aliphatic rings. The average molecular weight is 249 g/mol. The van der Waals surface area contributed by atoms with Gasteiger partial charge in [0.15, 0.2) is 0 Å². The van der Waals surface area contributed by atoms with Crippen LogP contribution in [0.1, 0.15) is 20.8 Å². The van der Waals surface area contributed by atoms with Gasteiger partial charge in [-0.25, -0.2) is 0 Å². The molecule has 0 fully saturated rings. The molecule has 0 bridgehead atoms. The molecule has 0 saturated carbocycles. The van der Waals surface area contributed by atoms with Gasteiger partial charge in [0.25, 0.3) is 0 Å². The van der Waals surface area contributed by atoms with Crippen LogP contribution in [0.15, 0.2) is 0 Å². The van der Waals surface area contributed by atoms with Crippen molar-refractivity contribution >= 4 is 27.6 Å². The summed E-state index contributed by atoms with van der Waals surface area (Å²) in [5, 5.41) is 0. The minimum atomic E-state index is -0.556. The molecule has 0 saturated heterocycles. The van der Waals surface area contributed by atoms with Crippen LogP contribution in [0, 0.1) is 0 Å². The molecule has 1 nitrogen and oxygen atoms in total. The number of nitrogens with one attached hydrogen (secondary N) is 1. The Hall–Kier alpha value is 1.47. The molecule has 1 N–H and O–H groups in total. The molecule has 1 radical (unpaired) electrons. The monoisotopic (exact) mass is 248 g/mol. The Morgan fingerprint density at radius 1 is 1.18 bits per heavy atom. The van der Waals surface area contributed by atoms with Crippen LogP contribution in [0.5, 0.6) is 0 Å². The first kappa shape index (κ1) is 15.0. The van der Waals surface area contributed by atoms with E-state index in [1.165, 1.54) is 0 Å². The van der Waals surface area contributed by atoms with Crippen molar-refractivity contribution in [3.05, 3.63) is 0 Å². The van der Waals surface area contributed by atoms with Gasteiger partial charge in [0, 0.05) is 5.54 Å². The molecule has 0 aromatic heterocycles. The SMILES string of the molecule is C[Si](C)NC(C)(C)C.[Cl][Ti][Cl]. The summed E-state index contributed by atoms with van der Waals surface area (Å²) in [6, 6.07) is 0. The van der Waals surface area contributed by atoms with Crippen molar-refractivity contribution in [3.8, 4) is 0 Å². The zero-order chi connectivity index (χ0) is 9.49. The molecular weight excluding hydrogens is 233 g/mol. The van der Waals surface area contributed by atoms with Crippen molar-refractivity contribution in [1.29, 1.82) is 0 Å². The molecule has 0 aliphatic heterocycles. The summed E-state index contributed by atoms with van der Waals surface area (Å²) >= 11 is -0.556. The average Bonchev–Trinajstić information content (AvgIpc) is 1.57. The van der Waals surface area contributed by atoms with Gasteiger partial charge in [-0.1, -0.05) is 13.1 Å². The molecule has 11 heavy (non-hydrogen) atoms. The van der Waals surface area contributed by atoms with E-state index in [2.05, 4.69) is 38.8 Å². The standard InChI is InChI=1S/C6H16NSi.2ClH.Ti/c1-6(2,3)7-8(4)5;;;/h7H,1-5H3;2*1H;/q;;;+2/p-2. The van der Waals surface area contributed by atoms with E-state index in [9.17, 15) is 0 Å². The third-order valence-corrected chi connectivity index (χ3v) is 1.88. The molecule has 0 rings (SSSR count). The van der Waals surface area contributed by atoms with E-state index in [-0.39, 0.29) is 8.96 Å². The van der Waals surface area contributed by atoms with Gasteiger partial charge < -0.3 is 4.98 Å². The fraction of sp³-hybridized carbons (Fsp3) is 1.00.